The molecular formula is C12H19N3O. The summed E-state index contributed by atoms with van der Waals surface area (Å²) in [5.41, 5.74) is 6.91. The first-order valence-corrected chi connectivity index (χ1v) is 5.61. The molecule has 4 heteroatoms. The zero-order valence-corrected chi connectivity index (χ0v) is 9.62. The third-order valence-electron chi connectivity index (χ3n) is 3.11. The summed E-state index contributed by atoms with van der Waals surface area (Å²) in [5, 5.41) is 6.85. The fourth-order valence-electron chi connectivity index (χ4n) is 2.08. The Morgan fingerprint density at radius 1 is 1.56 bits per heavy atom. The van der Waals surface area contributed by atoms with Gasteiger partial charge in [0.2, 0.25) is 0 Å². The molecule has 1 unspecified atom stereocenters. The normalized spacial score (nSPS) is 24.4. The second-order valence-electron chi connectivity index (χ2n) is 4.27. The van der Waals surface area contributed by atoms with E-state index in [-0.39, 0.29) is 5.54 Å². The number of nitrogens with one attached hydrogen (secondary N) is 2. The third-order valence-corrected chi connectivity index (χ3v) is 3.11. The van der Waals surface area contributed by atoms with Crippen LogP contribution in [0.5, 0.6) is 5.75 Å². The van der Waals surface area contributed by atoms with Crippen molar-refractivity contribution >= 4 is 5.69 Å². The van der Waals surface area contributed by atoms with E-state index >= 15 is 0 Å². The van der Waals surface area contributed by atoms with Crippen LogP contribution in [0.3, 0.4) is 0 Å². The number of hydrogen-bond acceptors (Lipinski definition) is 4. The molecule has 0 aliphatic carbocycles. The Hall–Kier alpha value is -1.26. The van der Waals surface area contributed by atoms with Gasteiger partial charge in [0.05, 0.1) is 12.6 Å². The number of benzene rings is 1. The van der Waals surface area contributed by atoms with Crippen molar-refractivity contribution in [2.75, 3.05) is 32.1 Å². The molecule has 2 rings (SSSR count). The molecule has 0 aromatic heterocycles. The lowest BCUT2D eigenvalue weighted by molar-refractivity contribution is 0.414. The van der Waals surface area contributed by atoms with E-state index in [9.17, 15) is 0 Å². The van der Waals surface area contributed by atoms with Crippen molar-refractivity contribution in [2.24, 2.45) is 5.73 Å². The smallest absolute Gasteiger partial charge is 0.120 e. The van der Waals surface area contributed by atoms with Gasteiger partial charge in [0.1, 0.15) is 5.75 Å². The lowest BCUT2D eigenvalue weighted by Gasteiger charge is -2.29. The first kappa shape index (κ1) is 11.2. The van der Waals surface area contributed by atoms with Crippen LogP contribution < -0.4 is 21.1 Å². The van der Waals surface area contributed by atoms with E-state index in [1.807, 2.05) is 24.3 Å². The molecule has 0 radical (unpaired) electrons. The standard InChI is InChI=1S/C12H19N3O/c1-16-11-4-2-3-10(7-11)15-12(8-13)5-6-14-9-12/h2-4,7,14-15H,5-6,8-9,13H2,1H3. The molecule has 0 spiro atoms. The van der Waals surface area contributed by atoms with E-state index in [4.69, 9.17) is 10.5 Å². The highest BCUT2D eigenvalue weighted by molar-refractivity contribution is 5.50. The van der Waals surface area contributed by atoms with E-state index in [0.29, 0.717) is 6.54 Å². The molecule has 0 saturated carbocycles. The average molecular weight is 221 g/mol. The first-order valence-electron chi connectivity index (χ1n) is 5.61. The Balaban J connectivity index is 2.12. The van der Waals surface area contributed by atoms with Gasteiger partial charge >= 0.3 is 0 Å². The molecule has 1 aromatic rings. The van der Waals surface area contributed by atoms with Crippen LogP contribution in [-0.2, 0) is 0 Å². The lowest BCUT2D eigenvalue weighted by atomic mass is 9.98. The van der Waals surface area contributed by atoms with Crippen molar-refractivity contribution < 1.29 is 4.74 Å². The van der Waals surface area contributed by atoms with Gasteiger partial charge in [0.15, 0.2) is 0 Å². The molecule has 4 N–H and O–H groups in total. The van der Waals surface area contributed by atoms with Crippen LogP contribution in [0, 0.1) is 0 Å². The van der Waals surface area contributed by atoms with E-state index in [1.54, 1.807) is 7.11 Å². The van der Waals surface area contributed by atoms with Crippen molar-refractivity contribution in [2.45, 2.75) is 12.0 Å². The van der Waals surface area contributed by atoms with Crippen molar-refractivity contribution in [3.05, 3.63) is 24.3 Å². The zero-order valence-electron chi connectivity index (χ0n) is 9.62. The summed E-state index contributed by atoms with van der Waals surface area (Å²) in [7, 11) is 1.68. The van der Waals surface area contributed by atoms with Crippen LogP contribution in [0.25, 0.3) is 0 Å². The summed E-state index contributed by atoms with van der Waals surface area (Å²) in [6.07, 6.45) is 1.06. The Kier molecular flexibility index (Phi) is 3.31. The maximum atomic E-state index is 5.85. The van der Waals surface area contributed by atoms with Crippen molar-refractivity contribution in [1.82, 2.24) is 5.32 Å². The van der Waals surface area contributed by atoms with E-state index < -0.39 is 0 Å². The summed E-state index contributed by atoms with van der Waals surface area (Å²) in [6, 6.07) is 7.95. The quantitative estimate of drug-likeness (QED) is 0.704. The Morgan fingerprint density at radius 2 is 2.44 bits per heavy atom. The number of nitrogens with two attached hydrogens (primary N) is 1. The highest BCUT2D eigenvalue weighted by Gasteiger charge is 2.31. The summed E-state index contributed by atoms with van der Waals surface area (Å²) < 4.78 is 5.20. The highest BCUT2D eigenvalue weighted by atomic mass is 16.5. The minimum Gasteiger partial charge on any atom is -0.497 e. The number of anilines is 1. The monoisotopic (exact) mass is 221 g/mol. The van der Waals surface area contributed by atoms with E-state index in [2.05, 4.69) is 10.6 Å². The van der Waals surface area contributed by atoms with Gasteiger partial charge in [-0.1, -0.05) is 6.07 Å². The molecule has 0 bridgehead atoms. The Morgan fingerprint density at radius 3 is 3.06 bits per heavy atom. The van der Waals surface area contributed by atoms with Crippen LogP contribution in [-0.4, -0.2) is 32.3 Å². The summed E-state index contributed by atoms with van der Waals surface area (Å²) in [4.78, 5) is 0. The van der Waals surface area contributed by atoms with Gasteiger partial charge < -0.3 is 21.1 Å². The van der Waals surface area contributed by atoms with Crippen molar-refractivity contribution in [1.29, 1.82) is 0 Å². The summed E-state index contributed by atoms with van der Waals surface area (Å²) in [6.45, 7) is 2.58. The van der Waals surface area contributed by atoms with Crippen LogP contribution in [0.2, 0.25) is 0 Å². The first-order chi connectivity index (χ1) is 7.78. The largest absolute Gasteiger partial charge is 0.497 e. The molecular weight excluding hydrogens is 202 g/mol. The summed E-state index contributed by atoms with van der Waals surface area (Å²) >= 11 is 0. The van der Waals surface area contributed by atoms with Gasteiger partial charge in [-0.3, -0.25) is 0 Å². The van der Waals surface area contributed by atoms with E-state index in [1.165, 1.54) is 0 Å². The lowest BCUT2D eigenvalue weighted by Crippen LogP contribution is -2.47. The number of methoxy groups -OCH3 is 1. The third kappa shape index (κ3) is 2.28. The van der Waals surface area contributed by atoms with Crippen molar-refractivity contribution in [3.63, 3.8) is 0 Å². The molecule has 0 amide bonds. The fourth-order valence-corrected chi connectivity index (χ4v) is 2.08. The van der Waals surface area contributed by atoms with Gasteiger partial charge in [-0.15, -0.1) is 0 Å². The average Bonchev–Trinajstić information content (AvgIpc) is 2.78. The predicted molar refractivity (Wildman–Crippen MR) is 65.9 cm³/mol. The Bertz CT molecular complexity index is 348. The second-order valence-corrected chi connectivity index (χ2v) is 4.27. The van der Waals surface area contributed by atoms with Crippen LogP contribution >= 0.6 is 0 Å². The molecule has 16 heavy (non-hydrogen) atoms. The van der Waals surface area contributed by atoms with Gasteiger partial charge in [0.25, 0.3) is 0 Å². The van der Waals surface area contributed by atoms with Crippen LogP contribution in [0.1, 0.15) is 6.42 Å². The predicted octanol–water partition coefficient (Wildman–Crippen LogP) is 0.798. The van der Waals surface area contributed by atoms with Crippen LogP contribution in [0.4, 0.5) is 5.69 Å². The van der Waals surface area contributed by atoms with E-state index in [0.717, 1.165) is 30.9 Å². The van der Waals surface area contributed by atoms with Crippen molar-refractivity contribution in [3.8, 4) is 5.75 Å². The van der Waals surface area contributed by atoms with Gasteiger partial charge in [-0.05, 0) is 25.1 Å². The number of rotatable bonds is 4. The molecule has 1 saturated heterocycles. The maximum Gasteiger partial charge on any atom is 0.120 e. The van der Waals surface area contributed by atoms with Gasteiger partial charge in [-0.25, -0.2) is 0 Å². The second kappa shape index (κ2) is 4.72. The number of ether oxygens (including phenoxy) is 1. The fraction of sp³-hybridized carbons (Fsp3) is 0.500. The molecule has 1 atom stereocenters. The molecule has 1 aliphatic rings. The highest BCUT2D eigenvalue weighted by Crippen LogP contribution is 2.23. The molecule has 1 heterocycles. The molecule has 1 aromatic carbocycles. The number of hydrogen-bond donors (Lipinski definition) is 3. The minimum atomic E-state index is -0.00757. The van der Waals surface area contributed by atoms with Crippen LogP contribution in [0.15, 0.2) is 24.3 Å². The molecule has 88 valence electrons. The topological polar surface area (TPSA) is 59.3 Å². The zero-order chi connectivity index (χ0) is 11.4. The SMILES string of the molecule is COc1cccc(NC2(CN)CCNC2)c1. The molecule has 4 nitrogen and oxygen atoms in total. The Labute approximate surface area is 96.2 Å². The summed E-state index contributed by atoms with van der Waals surface area (Å²) in [5.74, 6) is 0.864. The molecule has 1 fully saturated rings. The van der Waals surface area contributed by atoms with Gasteiger partial charge in [0, 0.05) is 24.8 Å². The minimum absolute atomic E-state index is 0.00757. The maximum absolute atomic E-state index is 5.85. The molecule has 1 aliphatic heterocycles. The van der Waals surface area contributed by atoms with Gasteiger partial charge in [-0.2, -0.15) is 0 Å².